The maximum atomic E-state index is 14.3. The minimum Gasteiger partial charge on any atom is -0.460 e. The first-order valence-corrected chi connectivity index (χ1v) is 17.0. The second-order valence-corrected chi connectivity index (χ2v) is 16.9. The third-order valence-corrected chi connectivity index (χ3v) is 15.6. The summed E-state index contributed by atoms with van der Waals surface area (Å²) in [5, 5.41) is 21.6. The zero-order valence-corrected chi connectivity index (χ0v) is 26.7. The SMILES string of the molecule is CC1([C@@H]2CC[C@]3(C(=O)OCc4ccccc4)CC[C@]4(C)C(CCC5[C@@]6(C)CC[C@H](O)[C@@](C)(CO)[C@@H]6CC[C@]54C)C23)CO1. The van der Waals surface area contributed by atoms with Crippen LogP contribution >= 0.6 is 0 Å². The minimum absolute atomic E-state index is 0.0353. The summed E-state index contributed by atoms with van der Waals surface area (Å²) in [5.74, 6) is 2.11. The molecule has 2 N–H and O–H groups in total. The van der Waals surface area contributed by atoms with E-state index in [0.717, 1.165) is 70.0 Å². The van der Waals surface area contributed by atoms with Gasteiger partial charge in [-0.3, -0.25) is 4.79 Å². The van der Waals surface area contributed by atoms with E-state index in [1.54, 1.807) is 0 Å². The smallest absolute Gasteiger partial charge is 0.312 e. The highest BCUT2D eigenvalue weighted by Gasteiger charge is 2.74. The molecule has 5 aliphatic carbocycles. The average Bonchev–Trinajstić information content (AvgIpc) is 3.59. The van der Waals surface area contributed by atoms with Crippen LogP contribution in [0.15, 0.2) is 30.3 Å². The van der Waals surface area contributed by atoms with Gasteiger partial charge in [0, 0.05) is 5.41 Å². The van der Waals surface area contributed by atoms with Gasteiger partial charge in [-0.2, -0.15) is 0 Å². The topological polar surface area (TPSA) is 79.3 Å². The van der Waals surface area contributed by atoms with Crippen LogP contribution in [0.5, 0.6) is 0 Å². The molecule has 0 spiro atoms. The lowest BCUT2D eigenvalue weighted by atomic mass is 9.32. The number of hydrogen-bond acceptors (Lipinski definition) is 5. The normalized spacial score (nSPS) is 52.8. The van der Waals surface area contributed by atoms with Crippen LogP contribution < -0.4 is 0 Å². The Bertz CT molecular complexity index is 1210. The molecular formula is C37H54O5. The van der Waals surface area contributed by atoms with E-state index in [1.165, 1.54) is 6.42 Å². The molecule has 1 aliphatic heterocycles. The van der Waals surface area contributed by atoms with Crippen molar-refractivity contribution < 1.29 is 24.5 Å². The lowest BCUT2D eigenvalue weighted by molar-refractivity contribution is -0.256. The number of aliphatic hydroxyl groups is 2. The molecule has 6 aliphatic rings. The summed E-state index contributed by atoms with van der Waals surface area (Å²) < 4.78 is 12.4. The number of carbonyl (C=O) groups excluding carboxylic acids is 1. The molecule has 0 amide bonds. The Labute approximate surface area is 253 Å². The Kier molecular flexibility index (Phi) is 6.65. The summed E-state index contributed by atoms with van der Waals surface area (Å²) in [6.07, 6.45) is 9.92. The van der Waals surface area contributed by atoms with Crippen LogP contribution in [0.1, 0.15) is 104 Å². The molecule has 4 unspecified atom stereocenters. The first-order chi connectivity index (χ1) is 19.9. The molecule has 0 radical (unpaired) electrons. The number of epoxide rings is 1. The predicted octanol–water partition coefficient (Wildman–Crippen LogP) is 6.93. The summed E-state index contributed by atoms with van der Waals surface area (Å²) in [4.78, 5) is 14.3. The van der Waals surface area contributed by atoms with Crippen LogP contribution in [0.3, 0.4) is 0 Å². The number of aliphatic hydroxyl groups excluding tert-OH is 2. The molecule has 5 heteroatoms. The van der Waals surface area contributed by atoms with Gasteiger partial charge >= 0.3 is 5.97 Å². The van der Waals surface area contributed by atoms with E-state index in [-0.39, 0.29) is 34.4 Å². The third-order valence-electron chi connectivity index (χ3n) is 15.6. The molecule has 1 heterocycles. The minimum atomic E-state index is -0.426. The molecular weight excluding hydrogens is 524 g/mol. The number of rotatable bonds is 5. The van der Waals surface area contributed by atoms with E-state index in [1.807, 2.05) is 30.3 Å². The van der Waals surface area contributed by atoms with Crippen molar-refractivity contribution in [3.63, 3.8) is 0 Å². The largest absolute Gasteiger partial charge is 0.460 e. The van der Waals surface area contributed by atoms with Gasteiger partial charge in [-0.05, 0) is 123 Å². The quantitative estimate of drug-likeness (QED) is 0.293. The van der Waals surface area contributed by atoms with Gasteiger partial charge < -0.3 is 19.7 Å². The molecule has 6 fully saturated rings. The molecule has 5 nitrogen and oxygen atoms in total. The number of hydrogen-bond donors (Lipinski definition) is 2. The molecule has 0 bridgehead atoms. The Morgan fingerprint density at radius 2 is 1.60 bits per heavy atom. The molecule has 1 aromatic carbocycles. The summed E-state index contributed by atoms with van der Waals surface area (Å²) in [6.45, 7) is 13.4. The number of carbonyl (C=O) groups is 1. The zero-order valence-electron chi connectivity index (χ0n) is 26.7. The van der Waals surface area contributed by atoms with E-state index in [9.17, 15) is 15.0 Å². The predicted molar refractivity (Wildman–Crippen MR) is 162 cm³/mol. The van der Waals surface area contributed by atoms with E-state index in [0.29, 0.717) is 36.2 Å². The van der Waals surface area contributed by atoms with Crippen LogP contribution in [0, 0.1) is 56.7 Å². The van der Waals surface area contributed by atoms with Gasteiger partial charge in [0.05, 0.1) is 30.3 Å². The van der Waals surface area contributed by atoms with Crippen molar-refractivity contribution in [3.8, 4) is 0 Å². The fourth-order valence-electron chi connectivity index (χ4n) is 12.8. The molecule has 12 atom stereocenters. The van der Waals surface area contributed by atoms with Crippen molar-refractivity contribution in [1.29, 1.82) is 0 Å². The Morgan fingerprint density at radius 3 is 2.29 bits per heavy atom. The second kappa shape index (κ2) is 9.54. The van der Waals surface area contributed by atoms with Crippen LogP contribution in [-0.2, 0) is 20.9 Å². The van der Waals surface area contributed by atoms with Gasteiger partial charge in [0.1, 0.15) is 6.61 Å². The first kappa shape index (κ1) is 29.3. The van der Waals surface area contributed by atoms with Gasteiger partial charge in [0.15, 0.2) is 0 Å². The van der Waals surface area contributed by atoms with Gasteiger partial charge in [0.25, 0.3) is 0 Å². The summed E-state index contributed by atoms with van der Waals surface area (Å²) in [6, 6.07) is 10.1. The van der Waals surface area contributed by atoms with E-state index >= 15 is 0 Å². The molecule has 0 aromatic heterocycles. The van der Waals surface area contributed by atoms with Crippen LogP contribution in [0.2, 0.25) is 0 Å². The fraction of sp³-hybridized carbons (Fsp3) is 0.811. The van der Waals surface area contributed by atoms with Crippen molar-refractivity contribution >= 4 is 5.97 Å². The highest BCUT2D eigenvalue weighted by atomic mass is 16.6. The average molecular weight is 579 g/mol. The monoisotopic (exact) mass is 578 g/mol. The van der Waals surface area contributed by atoms with Crippen LogP contribution in [-0.4, -0.2) is 41.1 Å². The molecule has 7 rings (SSSR count). The Morgan fingerprint density at radius 1 is 0.857 bits per heavy atom. The highest BCUT2D eigenvalue weighted by molar-refractivity contribution is 5.78. The van der Waals surface area contributed by atoms with Crippen LogP contribution in [0.4, 0.5) is 0 Å². The Hall–Kier alpha value is -1.43. The maximum Gasteiger partial charge on any atom is 0.312 e. The van der Waals surface area contributed by atoms with Crippen molar-refractivity contribution in [3.05, 3.63) is 35.9 Å². The van der Waals surface area contributed by atoms with Gasteiger partial charge in [0.2, 0.25) is 0 Å². The number of ether oxygens (including phenoxy) is 2. The number of benzene rings is 1. The summed E-state index contributed by atoms with van der Waals surface area (Å²) in [7, 11) is 0. The van der Waals surface area contributed by atoms with E-state index in [2.05, 4.69) is 34.6 Å². The fourth-order valence-corrected chi connectivity index (χ4v) is 12.8. The van der Waals surface area contributed by atoms with Crippen molar-refractivity contribution in [1.82, 2.24) is 0 Å². The molecule has 232 valence electrons. The van der Waals surface area contributed by atoms with Crippen molar-refractivity contribution in [2.24, 2.45) is 56.7 Å². The molecule has 5 saturated carbocycles. The van der Waals surface area contributed by atoms with E-state index in [4.69, 9.17) is 9.47 Å². The molecule has 42 heavy (non-hydrogen) atoms. The lowest BCUT2D eigenvalue weighted by Crippen LogP contribution is -2.68. The first-order valence-electron chi connectivity index (χ1n) is 17.0. The van der Waals surface area contributed by atoms with Crippen LogP contribution in [0.25, 0.3) is 0 Å². The van der Waals surface area contributed by atoms with Gasteiger partial charge in [-0.25, -0.2) is 0 Å². The number of esters is 1. The van der Waals surface area contributed by atoms with Crippen molar-refractivity contribution in [2.75, 3.05) is 13.2 Å². The zero-order chi connectivity index (χ0) is 29.8. The molecule has 1 aromatic rings. The summed E-state index contributed by atoms with van der Waals surface area (Å²) in [5.41, 5.74) is 0.528. The standard InChI is InChI=1S/C37H54O5/c1-32-16-15-29(39)33(2,22-38)27(32)14-17-35(4)28(32)12-11-25-30-26(36(5)23-42-36)13-18-37(30,20-19-34(25,35)3)31(40)41-21-24-9-7-6-8-10-24/h6-10,25-30,38-39H,11-23H2,1-5H3/t25?,26-,27-,28?,29+,30?,32+,33+,34-,35-,36?,37+/m1/s1. The van der Waals surface area contributed by atoms with Gasteiger partial charge in [-0.1, -0.05) is 58.0 Å². The molecule has 1 saturated heterocycles. The lowest BCUT2D eigenvalue weighted by Gasteiger charge is -2.72. The van der Waals surface area contributed by atoms with E-state index < -0.39 is 16.9 Å². The maximum absolute atomic E-state index is 14.3. The Balaban J connectivity index is 1.23. The summed E-state index contributed by atoms with van der Waals surface area (Å²) >= 11 is 0. The van der Waals surface area contributed by atoms with Crippen molar-refractivity contribution in [2.45, 2.75) is 117 Å². The van der Waals surface area contributed by atoms with Gasteiger partial charge in [-0.15, -0.1) is 0 Å². The third kappa shape index (κ3) is 3.75. The highest BCUT2D eigenvalue weighted by Crippen LogP contribution is 2.78. The number of fused-ring (bicyclic) bond motifs is 7. The second-order valence-electron chi connectivity index (χ2n) is 16.9.